The van der Waals surface area contributed by atoms with E-state index in [9.17, 15) is 19.1 Å². The molecule has 1 saturated heterocycles. The summed E-state index contributed by atoms with van der Waals surface area (Å²) in [6, 6.07) is 16.3. The number of hydrogen-bond donors (Lipinski definition) is 1. The molecule has 1 amide bonds. The maximum atomic E-state index is 13.6. The van der Waals surface area contributed by atoms with Crippen molar-refractivity contribution in [2.75, 3.05) is 19.1 Å². The van der Waals surface area contributed by atoms with E-state index in [2.05, 4.69) is 0 Å². The Morgan fingerprint density at radius 3 is 2.21 bits per heavy atom. The highest BCUT2D eigenvalue weighted by Gasteiger charge is 2.47. The van der Waals surface area contributed by atoms with Gasteiger partial charge < -0.3 is 14.6 Å². The molecule has 1 aliphatic rings. The fraction of sp³-hybridized carbons (Fsp3) is 0.154. The molecule has 3 aromatic carbocycles. The Morgan fingerprint density at radius 1 is 0.939 bits per heavy atom. The van der Waals surface area contributed by atoms with Crippen LogP contribution in [0.25, 0.3) is 5.76 Å². The SMILES string of the molecule is COc1ccc(/C(O)=C2/C(=O)C(=O)N(c3ccc(C)cc3)C2c2ccc(F)cc2)c(OC)c1. The molecule has 1 aliphatic heterocycles. The van der Waals surface area contributed by atoms with Gasteiger partial charge in [-0.25, -0.2) is 4.39 Å². The molecule has 0 saturated carbocycles. The van der Waals surface area contributed by atoms with E-state index < -0.39 is 29.3 Å². The number of aliphatic hydroxyl groups excluding tert-OH is 1. The van der Waals surface area contributed by atoms with Gasteiger partial charge in [0.2, 0.25) is 0 Å². The number of rotatable bonds is 5. The summed E-state index contributed by atoms with van der Waals surface area (Å²) >= 11 is 0. The zero-order valence-corrected chi connectivity index (χ0v) is 18.3. The molecule has 1 unspecified atom stereocenters. The summed E-state index contributed by atoms with van der Waals surface area (Å²) in [6.07, 6.45) is 0. The van der Waals surface area contributed by atoms with E-state index in [1.165, 1.54) is 43.4 Å². The van der Waals surface area contributed by atoms with Crippen molar-refractivity contribution in [1.29, 1.82) is 0 Å². The Morgan fingerprint density at radius 2 is 1.61 bits per heavy atom. The Balaban J connectivity index is 1.95. The average molecular weight is 447 g/mol. The number of Topliss-reactive ketones (excluding diaryl/α,β-unsaturated/α-hetero) is 1. The highest BCUT2D eigenvalue weighted by Crippen LogP contribution is 2.43. The van der Waals surface area contributed by atoms with E-state index in [1.807, 2.05) is 19.1 Å². The van der Waals surface area contributed by atoms with Crippen molar-refractivity contribution in [2.24, 2.45) is 0 Å². The molecule has 1 heterocycles. The Labute approximate surface area is 190 Å². The van der Waals surface area contributed by atoms with E-state index in [1.54, 1.807) is 30.3 Å². The molecule has 0 radical (unpaired) electrons. The molecule has 168 valence electrons. The number of carbonyl (C=O) groups is 2. The Hall–Kier alpha value is -4.13. The molecular formula is C26H22FNO5. The lowest BCUT2D eigenvalue weighted by Gasteiger charge is -2.25. The number of anilines is 1. The number of hydrogen-bond acceptors (Lipinski definition) is 5. The number of benzene rings is 3. The summed E-state index contributed by atoms with van der Waals surface area (Å²) in [5.41, 5.74) is 2.06. The number of ether oxygens (including phenoxy) is 2. The fourth-order valence-electron chi connectivity index (χ4n) is 3.90. The number of halogens is 1. The standard InChI is InChI=1S/C26H22FNO5/c1-15-4-10-18(11-5-15)28-23(16-6-8-17(27)9-7-16)22(25(30)26(28)31)24(29)20-13-12-19(32-2)14-21(20)33-3/h4-14,23,29H,1-3H3/b24-22-. The van der Waals surface area contributed by atoms with Crippen LogP contribution < -0.4 is 14.4 Å². The van der Waals surface area contributed by atoms with Gasteiger partial charge in [-0.15, -0.1) is 0 Å². The van der Waals surface area contributed by atoms with Gasteiger partial charge in [-0.3, -0.25) is 14.5 Å². The minimum Gasteiger partial charge on any atom is -0.507 e. The van der Waals surface area contributed by atoms with Crippen LogP contribution in [0.5, 0.6) is 11.5 Å². The third-order valence-corrected chi connectivity index (χ3v) is 5.61. The van der Waals surface area contributed by atoms with E-state index in [4.69, 9.17) is 9.47 Å². The second kappa shape index (κ2) is 8.78. The van der Waals surface area contributed by atoms with Crippen molar-refractivity contribution in [1.82, 2.24) is 0 Å². The molecule has 33 heavy (non-hydrogen) atoms. The van der Waals surface area contributed by atoms with Crippen LogP contribution in [-0.4, -0.2) is 31.0 Å². The molecule has 1 N–H and O–H groups in total. The summed E-state index contributed by atoms with van der Waals surface area (Å²) < 4.78 is 24.2. The number of aryl methyl sites for hydroxylation is 1. The van der Waals surface area contributed by atoms with Crippen LogP contribution in [0.15, 0.2) is 72.3 Å². The number of nitrogens with zero attached hydrogens (tertiary/aromatic N) is 1. The van der Waals surface area contributed by atoms with Gasteiger partial charge in [-0.05, 0) is 48.9 Å². The minimum absolute atomic E-state index is 0.115. The molecule has 0 bridgehead atoms. The zero-order valence-electron chi connectivity index (χ0n) is 18.3. The molecule has 0 spiro atoms. The highest BCUT2D eigenvalue weighted by atomic mass is 19.1. The van der Waals surface area contributed by atoms with E-state index >= 15 is 0 Å². The maximum Gasteiger partial charge on any atom is 0.300 e. The normalized spacial score (nSPS) is 17.3. The van der Waals surface area contributed by atoms with Gasteiger partial charge in [-0.1, -0.05) is 29.8 Å². The number of methoxy groups -OCH3 is 2. The van der Waals surface area contributed by atoms with Crippen molar-refractivity contribution >= 4 is 23.1 Å². The fourth-order valence-corrected chi connectivity index (χ4v) is 3.90. The third kappa shape index (κ3) is 3.93. The quantitative estimate of drug-likeness (QED) is 0.346. The molecule has 6 nitrogen and oxygen atoms in total. The van der Waals surface area contributed by atoms with Crippen LogP contribution >= 0.6 is 0 Å². The van der Waals surface area contributed by atoms with Gasteiger partial charge >= 0.3 is 0 Å². The summed E-state index contributed by atoms with van der Waals surface area (Å²) in [6.45, 7) is 1.91. The number of carbonyl (C=O) groups excluding carboxylic acids is 2. The molecule has 1 fully saturated rings. The Bertz CT molecular complexity index is 1250. The third-order valence-electron chi connectivity index (χ3n) is 5.61. The van der Waals surface area contributed by atoms with Crippen LogP contribution in [0.2, 0.25) is 0 Å². The summed E-state index contributed by atoms with van der Waals surface area (Å²) in [5, 5.41) is 11.3. The highest BCUT2D eigenvalue weighted by molar-refractivity contribution is 6.51. The van der Waals surface area contributed by atoms with Gasteiger partial charge in [0.05, 0.1) is 31.4 Å². The molecule has 4 rings (SSSR count). The lowest BCUT2D eigenvalue weighted by molar-refractivity contribution is -0.132. The first kappa shape index (κ1) is 22.1. The van der Waals surface area contributed by atoms with E-state index in [0.717, 1.165) is 5.56 Å². The predicted molar refractivity (Wildman–Crippen MR) is 122 cm³/mol. The van der Waals surface area contributed by atoms with E-state index in [-0.39, 0.29) is 16.9 Å². The van der Waals surface area contributed by atoms with Crippen LogP contribution in [-0.2, 0) is 9.59 Å². The molecule has 1 atom stereocenters. The summed E-state index contributed by atoms with van der Waals surface area (Å²) in [7, 11) is 2.92. The first-order chi connectivity index (χ1) is 15.8. The van der Waals surface area contributed by atoms with Crippen LogP contribution in [0.4, 0.5) is 10.1 Å². The van der Waals surface area contributed by atoms with Crippen molar-refractivity contribution in [3.05, 3.63) is 94.8 Å². The van der Waals surface area contributed by atoms with Crippen LogP contribution in [0.1, 0.15) is 22.7 Å². The lowest BCUT2D eigenvalue weighted by atomic mass is 9.94. The largest absolute Gasteiger partial charge is 0.507 e. The summed E-state index contributed by atoms with van der Waals surface area (Å²) in [5.74, 6) is -1.72. The van der Waals surface area contributed by atoms with Crippen molar-refractivity contribution < 1.29 is 28.6 Å². The summed E-state index contributed by atoms with van der Waals surface area (Å²) in [4.78, 5) is 27.7. The maximum absolute atomic E-state index is 13.6. The van der Waals surface area contributed by atoms with E-state index in [0.29, 0.717) is 17.0 Å². The molecule has 3 aromatic rings. The second-order valence-corrected chi connectivity index (χ2v) is 7.62. The van der Waals surface area contributed by atoms with Crippen LogP contribution in [0.3, 0.4) is 0 Å². The van der Waals surface area contributed by atoms with Gasteiger partial charge in [0.1, 0.15) is 23.1 Å². The van der Waals surface area contributed by atoms with Crippen molar-refractivity contribution in [2.45, 2.75) is 13.0 Å². The average Bonchev–Trinajstić information content (AvgIpc) is 3.09. The van der Waals surface area contributed by atoms with Crippen LogP contribution in [0, 0.1) is 12.7 Å². The minimum atomic E-state index is -0.958. The molecule has 0 aliphatic carbocycles. The van der Waals surface area contributed by atoms with Crippen molar-refractivity contribution in [3.63, 3.8) is 0 Å². The first-order valence-corrected chi connectivity index (χ1v) is 10.2. The van der Waals surface area contributed by atoms with Gasteiger partial charge in [-0.2, -0.15) is 0 Å². The first-order valence-electron chi connectivity index (χ1n) is 10.2. The molecule has 0 aromatic heterocycles. The van der Waals surface area contributed by atoms with Gasteiger partial charge in [0, 0.05) is 11.8 Å². The predicted octanol–water partition coefficient (Wildman–Crippen LogP) is 4.78. The topological polar surface area (TPSA) is 76.1 Å². The number of aliphatic hydroxyl groups is 1. The van der Waals surface area contributed by atoms with Gasteiger partial charge in [0.25, 0.3) is 11.7 Å². The Kier molecular flexibility index (Phi) is 5.87. The molecular weight excluding hydrogens is 425 g/mol. The second-order valence-electron chi connectivity index (χ2n) is 7.62. The van der Waals surface area contributed by atoms with Gasteiger partial charge in [0.15, 0.2) is 0 Å². The van der Waals surface area contributed by atoms with Crippen molar-refractivity contribution in [3.8, 4) is 11.5 Å². The number of ketones is 1. The lowest BCUT2D eigenvalue weighted by Crippen LogP contribution is -2.29. The monoisotopic (exact) mass is 447 g/mol. The smallest absolute Gasteiger partial charge is 0.300 e. The number of amides is 1. The molecule has 7 heteroatoms. The zero-order chi connectivity index (χ0) is 23.7.